The van der Waals surface area contributed by atoms with Crippen LogP contribution in [-0.4, -0.2) is 77.4 Å². The average molecular weight is 403 g/mol. The third-order valence-corrected chi connectivity index (χ3v) is 5.27. The van der Waals surface area contributed by atoms with Crippen LogP contribution < -0.4 is 0 Å². The Bertz CT molecular complexity index is 827. The quantitative estimate of drug-likeness (QED) is 0.453. The molecule has 158 valence electrons. The number of fused-ring (bicyclic) bond motifs is 1. The number of carbonyl (C=O) groups excluding carboxylic acids is 1. The van der Waals surface area contributed by atoms with Crippen LogP contribution >= 0.6 is 0 Å². The number of likely N-dealkylation sites (tertiary alicyclic amines) is 1. The number of carbonyl (C=O) groups is 2. The van der Waals surface area contributed by atoms with Crippen LogP contribution in [-0.2, 0) is 20.8 Å². The Hall–Kier alpha value is -2.29. The SMILES string of the molecule is CCOCCn1c(C(=O)C2CCN(CCOCC(=O)O)CC2)nc2ccccc21. The van der Waals surface area contributed by atoms with Gasteiger partial charge in [-0.2, -0.15) is 0 Å². The topological polar surface area (TPSA) is 93.9 Å². The lowest BCUT2D eigenvalue weighted by molar-refractivity contribution is -0.142. The summed E-state index contributed by atoms with van der Waals surface area (Å²) in [6.07, 6.45) is 1.54. The van der Waals surface area contributed by atoms with Crippen molar-refractivity contribution in [1.29, 1.82) is 0 Å². The van der Waals surface area contributed by atoms with Gasteiger partial charge in [0.25, 0.3) is 0 Å². The van der Waals surface area contributed by atoms with Crippen molar-refractivity contribution in [2.45, 2.75) is 26.3 Å². The molecule has 0 bridgehead atoms. The first-order valence-corrected chi connectivity index (χ1v) is 10.2. The van der Waals surface area contributed by atoms with E-state index in [1.807, 2.05) is 35.8 Å². The maximum absolute atomic E-state index is 13.2. The van der Waals surface area contributed by atoms with Gasteiger partial charge in [-0.25, -0.2) is 9.78 Å². The van der Waals surface area contributed by atoms with Crippen molar-refractivity contribution in [3.63, 3.8) is 0 Å². The molecule has 8 nitrogen and oxygen atoms in total. The maximum Gasteiger partial charge on any atom is 0.329 e. The number of imidazole rings is 1. The number of ketones is 1. The molecular weight excluding hydrogens is 374 g/mol. The number of aliphatic carboxylic acids is 1. The summed E-state index contributed by atoms with van der Waals surface area (Å²) in [5.41, 5.74) is 1.80. The molecule has 29 heavy (non-hydrogen) atoms. The van der Waals surface area contributed by atoms with Crippen LogP contribution in [0.5, 0.6) is 0 Å². The van der Waals surface area contributed by atoms with Gasteiger partial charge >= 0.3 is 5.97 Å². The molecule has 0 unspecified atom stereocenters. The van der Waals surface area contributed by atoms with E-state index in [2.05, 4.69) is 9.88 Å². The Morgan fingerprint density at radius 1 is 1.14 bits per heavy atom. The molecule has 0 atom stereocenters. The fourth-order valence-corrected chi connectivity index (χ4v) is 3.74. The maximum atomic E-state index is 13.2. The number of para-hydroxylation sites is 2. The predicted octanol–water partition coefficient (Wildman–Crippen LogP) is 2.07. The first-order chi connectivity index (χ1) is 14.1. The zero-order valence-electron chi connectivity index (χ0n) is 16.9. The van der Waals surface area contributed by atoms with Gasteiger partial charge in [0.05, 0.1) is 24.2 Å². The molecule has 0 amide bonds. The number of carboxylic acid groups (broad SMARTS) is 1. The molecule has 8 heteroatoms. The lowest BCUT2D eigenvalue weighted by Gasteiger charge is -2.30. The highest BCUT2D eigenvalue weighted by Crippen LogP contribution is 2.24. The number of ether oxygens (including phenoxy) is 2. The lowest BCUT2D eigenvalue weighted by Crippen LogP contribution is -2.38. The van der Waals surface area contributed by atoms with E-state index in [-0.39, 0.29) is 18.3 Å². The van der Waals surface area contributed by atoms with Crippen molar-refractivity contribution >= 4 is 22.8 Å². The van der Waals surface area contributed by atoms with Gasteiger partial charge < -0.3 is 24.0 Å². The molecule has 1 aliphatic heterocycles. The van der Waals surface area contributed by atoms with Crippen LogP contribution in [0.1, 0.15) is 30.4 Å². The van der Waals surface area contributed by atoms with Gasteiger partial charge in [-0.15, -0.1) is 0 Å². The fraction of sp³-hybridized carbons (Fsp3) is 0.571. The minimum atomic E-state index is -0.957. The number of benzene rings is 1. The highest BCUT2D eigenvalue weighted by Gasteiger charge is 2.29. The third kappa shape index (κ3) is 5.62. The number of rotatable bonds is 11. The molecule has 1 saturated heterocycles. The molecular formula is C21H29N3O5. The van der Waals surface area contributed by atoms with Gasteiger partial charge in [-0.3, -0.25) is 4.79 Å². The number of Topliss-reactive ketones (excluding diaryl/α,β-unsaturated/α-hetero) is 1. The lowest BCUT2D eigenvalue weighted by atomic mass is 9.92. The molecule has 0 spiro atoms. The Labute approximate surface area is 170 Å². The summed E-state index contributed by atoms with van der Waals surface area (Å²) in [5.74, 6) is -0.385. The molecule has 1 aromatic heterocycles. The Balaban J connectivity index is 1.61. The smallest absolute Gasteiger partial charge is 0.329 e. The Kier molecular flexibility index (Phi) is 7.74. The summed E-state index contributed by atoms with van der Waals surface area (Å²) < 4.78 is 12.6. The number of aromatic nitrogens is 2. The molecule has 1 aromatic carbocycles. The van der Waals surface area contributed by atoms with Crippen molar-refractivity contribution in [3.8, 4) is 0 Å². The second-order valence-corrected chi connectivity index (χ2v) is 7.20. The van der Waals surface area contributed by atoms with E-state index in [0.29, 0.717) is 38.7 Å². The molecule has 0 aliphatic carbocycles. The molecule has 0 radical (unpaired) electrons. The molecule has 1 fully saturated rings. The van der Waals surface area contributed by atoms with Crippen molar-refractivity contribution in [2.24, 2.45) is 5.92 Å². The number of nitrogens with zero attached hydrogens (tertiary/aromatic N) is 3. The highest BCUT2D eigenvalue weighted by atomic mass is 16.5. The first-order valence-electron chi connectivity index (χ1n) is 10.2. The van der Waals surface area contributed by atoms with E-state index < -0.39 is 5.97 Å². The van der Waals surface area contributed by atoms with E-state index in [9.17, 15) is 9.59 Å². The summed E-state index contributed by atoms with van der Waals surface area (Å²) in [6.45, 7) is 6.15. The highest BCUT2D eigenvalue weighted by molar-refractivity contribution is 5.98. The van der Waals surface area contributed by atoms with Gasteiger partial charge in [0.15, 0.2) is 5.82 Å². The Morgan fingerprint density at radius 2 is 1.86 bits per heavy atom. The number of carboxylic acids is 1. The van der Waals surface area contributed by atoms with Crippen LogP contribution in [0.15, 0.2) is 24.3 Å². The summed E-state index contributed by atoms with van der Waals surface area (Å²) in [4.78, 5) is 30.6. The second kappa shape index (κ2) is 10.5. The van der Waals surface area contributed by atoms with Gasteiger partial charge in [0.2, 0.25) is 5.78 Å². The van der Waals surface area contributed by atoms with E-state index >= 15 is 0 Å². The van der Waals surface area contributed by atoms with Gasteiger partial charge in [0, 0.05) is 25.6 Å². The standard InChI is InChI=1S/C21H29N3O5/c1-2-28-14-12-24-18-6-4-3-5-17(18)22-21(24)20(27)16-7-9-23(10-8-16)11-13-29-15-19(25)26/h3-6,16H,2,7-15H2,1H3,(H,25,26). The molecule has 1 N–H and O–H groups in total. The largest absolute Gasteiger partial charge is 0.480 e. The zero-order valence-corrected chi connectivity index (χ0v) is 16.9. The molecule has 1 aliphatic rings. The van der Waals surface area contributed by atoms with Crippen molar-refractivity contribution in [1.82, 2.24) is 14.5 Å². The third-order valence-electron chi connectivity index (χ3n) is 5.27. The van der Waals surface area contributed by atoms with Crippen LogP contribution in [0, 0.1) is 5.92 Å². The van der Waals surface area contributed by atoms with Crippen LogP contribution in [0.3, 0.4) is 0 Å². The zero-order chi connectivity index (χ0) is 20.6. The van der Waals surface area contributed by atoms with Crippen LogP contribution in [0.25, 0.3) is 11.0 Å². The van der Waals surface area contributed by atoms with Gasteiger partial charge in [-0.1, -0.05) is 12.1 Å². The summed E-state index contributed by atoms with van der Waals surface area (Å²) in [5, 5.41) is 8.61. The van der Waals surface area contributed by atoms with Crippen molar-refractivity contribution < 1.29 is 24.2 Å². The second-order valence-electron chi connectivity index (χ2n) is 7.20. The van der Waals surface area contributed by atoms with E-state index in [0.717, 1.165) is 37.0 Å². The molecule has 2 heterocycles. The molecule has 2 aromatic rings. The minimum absolute atomic E-state index is 0.0474. The summed E-state index contributed by atoms with van der Waals surface area (Å²) in [7, 11) is 0. The van der Waals surface area contributed by atoms with Crippen molar-refractivity contribution in [2.75, 3.05) is 46.1 Å². The monoisotopic (exact) mass is 403 g/mol. The predicted molar refractivity (Wildman–Crippen MR) is 108 cm³/mol. The molecule has 3 rings (SSSR count). The number of hydrogen-bond donors (Lipinski definition) is 1. The molecule has 0 saturated carbocycles. The van der Waals surface area contributed by atoms with Gasteiger partial charge in [-0.05, 0) is 45.0 Å². The van der Waals surface area contributed by atoms with Gasteiger partial charge in [0.1, 0.15) is 6.61 Å². The number of piperidine rings is 1. The van der Waals surface area contributed by atoms with Crippen molar-refractivity contribution in [3.05, 3.63) is 30.1 Å². The minimum Gasteiger partial charge on any atom is -0.480 e. The Morgan fingerprint density at radius 3 is 2.59 bits per heavy atom. The summed E-state index contributed by atoms with van der Waals surface area (Å²) in [6, 6.07) is 7.82. The van der Waals surface area contributed by atoms with E-state index in [1.165, 1.54) is 0 Å². The normalized spacial score (nSPS) is 15.8. The van der Waals surface area contributed by atoms with E-state index in [1.54, 1.807) is 0 Å². The fourth-order valence-electron chi connectivity index (χ4n) is 3.74. The average Bonchev–Trinajstić information content (AvgIpc) is 3.10. The van der Waals surface area contributed by atoms with E-state index in [4.69, 9.17) is 14.6 Å². The van der Waals surface area contributed by atoms with Crippen LogP contribution in [0.2, 0.25) is 0 Å². The first kappa shape index (κ1) is 21.4. The van der Waals surface area contributed by atoms with Crippen LogP contribution in [0.4, 0.5) is 0 Å². The number of hydrogen-bond acceptors (Lipinski definition) is 6. The summed E-state index contributed by atoms with van der Waals surface area (Å²) >= 11 is 0.